The fraction of sp³-hybridized carbons (Fsp3) is 0.550. The molecular weight excluding hydrogens is 288 g/mol. The van der Waals surface area contributed by atoms with Crippen LogP contribution in [0.2, 0.25) is 0 Å². The highest BCUT2D eigenvalue weighted by atomic mass is 16.6. The average molecular weight is 316 g/mol. The van der Waals surface area contributed by atoms with Gasteiger partial charge in [-0.1, -0.05) is 36.0 Å². The van der Waals surface area contributed by atoms with Gasteiger partial charge in [0.05, 0.1) is 6.10 Å². The fourth-order valence-electron chi connectivity index (χ4n) is 3.09. The Labute approximate surface area is 139 Å². The van der Waals surface area contributed by atoms with Gasteiger partial charge in [-0.2, -0.15) is 0 Å². The van der Waals surface area contributed by atoms with Crippen molar-refractivity contribution in [1.82, 2.24) is 0 Å². The van der Waals surface area contributed by atoms with E-state index < -0.39 is 11.7 Å². The summed E-state index contributed by atoms with van der Waals surface area (Å²) >= 11 is 0. The number of carbonyl (C=O) groups is 1. The lowest BCUT2D eigenvalue weighted by atomic mass is 9.89. The molecule has 2 aliphatic rings. The lowest BCUT2D eigenvalue weighted by Crippen LogP contribution is -2.43. The molecule has 2 bridgehead atoms. The van der Waals surface area contributed by atoms with Gasteiger partial charge in [-0.15, -0.1) is 0 Å². The lowest BCUT2D eigenvalue weighted by Gasteiger charge is -2.33. The monoisotopic (exact) mass is 316 g/mol. The van der Waals surface area contributed by atoms with Crippen LogP contribution < -0.4 is 0 Å². The third kappa shape index (κ3) is 4.44. The van der Waals surface area contributed by atoms with Crippen LogP contribution in [0, 0.1) is 0 Å². The summed E-state index contributed by atoms with van der Waals surface area (Å²) in [5.74, 6) is -0.283. The zero-order valence-corrected chi connectivity index (χ0v) is 14.5. The molecule has 1 N–H and O–H groups in total. The first-order valence-electron chi connectivity index (χ1n) is 8.44. The van der Waals surface area contributed by atoms with Gasteiger partial charge in [-0.25, -0.2) is 4.79 Å². The van der Waals surface area contributed by atoms with Crippen molar-refractivity contribution in [1.29, 1.82) is 0 Å². The second-order valence-electron chi connectivity index (χ2n) is 7.01. The van der Waals surface area contributed by atoms with Crippen LogP contribution in [0.1, 0.15) is 59.3 Å². The number of allylic oxidation sites excluding steroid dienone is 6. The van der Waals surface area contributed by atoms with Crippen LogP contribution in [-0.4, -0.2) is 22.8 Å². The number of carbonyl (C=O) groups excluding carboxylic acids is 1. The quantitative estimate of drug-likeness (QED) is 0.730. The van der Waals surface area contributed by atoms with E-state index in [1.54, 1.807) is 0 Å². The molecular formula is C20H28O3. The normalized spacial score (nSPS) is 34.3. The first-order valence-corrected chi connectivity index (χ1v) is 8.44. The van der Waals surface area contributed by atoms with Gasteiger partial charge in [0.15, 0.2) is 0 Å². The van der Waals surface area contributed by atoms with E-state index >= 15 is 0 Å². The Kier molecular flexibility index (Phi) is 5.64. The molecule has 23 heavy (non-hydrogen) atoms. The van der Waals surface area contributed by atoms with Crippen molar-refractivity contribution >= 4 is 5.97 Å². The van der Waals surface area contributed by atoms with Crippen LogP contribution in [0.25, 0.3) is 0 Å². The maximum atomic E-state index is 12.4. The Morgan fingerprint density at radius 3 is 2.78 bits per heavy atom. The maximum absolute atomic E-state index is 12.4. The van der Waals surface area contributed by atoms with Crippen LogP contribution >= 0.6 is 0 Å². The summed E-state index contributed by atoms with van der Waals surface area (Å²) in [5, 5.41) is 10.6. The fourth-order valence-corrected chi connectivity index (χ4v) is 3.09. The van der Waals surface area contributed by atoms with Crippen molar-refractivity contribution in [2.75, 3.05) is 0 Å². The second-order valence-corrected chi connectivity index (χ2v) is 7.01. The second kappa shape index (κ2) is 7.31. The van der Waals surface area contributed by atoms with Gasteiger partial charge in [0.2, 0.25) is 0 Å². The SMILES string of the molecule is C=C(C)/C1=C/C=C(\C)CC[C@@H](O)[C@]2(C)CCC=C(CC1)C(=O)O2. The molecule has 0 aliphatic carbocycles. The number of fused-ring (bicyclic) bond motifs is 3. The van der Waals surface area contributed by atoms with Gasteiger partial charge in [0.25, 0.3) is 0 Å². The van der Waals surface area contributed by atoms with Crippen LogP contribution in [-0.2, 0) is 9.53 Å². The van der Waals surface area contributed by atoms with Gasteiger partial charge >= 0.3 is 5.97 Å². The number of aliphatic hydroxyl groups is 1. The lowest BCUT2D eigenvalue weighted by molar-refractivity contribution is -0.166. The van der Waals surface area contributed by atoms with Crippen molar-refractivity contribution in [3.8, 4) is 0 Å². The summed E-state index contributed by atoms with van der Waals surface area (Å²) in [4.78, 5) is 12.4. The van der Waals surface area contributed by atoms with Crippen LogP contribution in [0.3, 0.4) is 0 Å². The third-order valence-electron chi connectivity index (χ3n) is 4.92. The summed E-state index contributed by atoms with van der Waals surface area (Å²) in [6.45, 7) is 9.95. The Hall–Kier alpha value is -1.61. The van der Waals surface area contributed by atoms with E-state index in [1.807, 2.05) is 19.9 Å². The zero-order chi connectivity index (χ0) is 17.0. The van der Waals surface area contributed by atoms with Crippen molar-refractivity contribution in [3.63, 3.8) is 0 Å². The molecule has 0 saturated carbocycles. The number of ether oxygens (including phenoxy) is 1. The minimum atomic E-state index is -0.797. The standard InChI is InChI=1S/C20H28O3/c1-14(2)16-9-7-15(3)8-12-18(21)20(4)13-5-6-17(11-10-16)19(22)23-20/h6-7,9,18,21H,1,5,8,10-13H2,2-4H3/b15-7+,16-9+/t18-,20+/m1/s1. The summed E-state index contributed by atoms with van der Waals surface area (Å²) < 4.78 is 5.70. The zero-order valence-electron chi connectivity index (χ0n) is 14.5. The molecule has 0 aromatic heterocycles. The Bertz CT molecular complexity index is 580. The number of hydrogen-bond donors (Lipinski definition) is 1. The molecule has 0 amide bonds. The van der Waals surface area contributed by atoms with E-state index in [9.17, 15) is 9.90 Å². The molecule has 3 nitrogen and oxygen atoms in total. The molecule has 0 saturated heterocycles. The van der Waals surface area contributed by atoms with Crippen LogP contribution in [0.5, 0.6) is 0 Å². The van der Waals surface area contributed by atoms with E-state index in [-0.39, 0.29) is 5.97 Å². The van der Waals surface area contributed by atoms with Gasteiger partial charge in [0, 0.05) is 5.57 Å². The average Bonchev–Trinajstić information content (AvgIpc) is 2.62. The largest absolute Gasteiger partial charge is 0.453 e. The molecule has 0 fully saturated rings. The molecule has 3 heteroatoms. The minimum Gasteiger partial charge on any atom is -0.453 e. The molecule has 0 aromatic rings. The predicted octanol–water partition coefficient (Wildman–Crippen LogP) is 4.39. The molecule has 0 spiro atoms. The van der Waals surface area contributed by atoms with E-state index in [4.69, 9.17) is 4.74 Å². The number of aliphatic hydroxyl groups excluding tert-OH is 1. The van der Waals surface area contributed by atoms with E-state index in [0.717, 1.165) is 30.4 Å². The van der Waals surface area contributed by atoms with Gasteiger partial charge in [-0.05, 0) is 64.9 Å². The summed E-state index contributed by atoms with van der Waals surface area (Å²) in [7, 11) is 0. The van der Waals surface area contributed by atoms with E-state index in [2.05, 4.69) is 25.7 Å². The number of esters is 1. The highest BCUT2D eigenvalue weighted by Crippen LogP contribution is 2.32. The van der Waals surface area contributed by atoms with Crippen molar-refractivity contribution in [3.05, 3.63) is 47.1 Å². The minimum absolute atomic E-state index is 0.283. The predicted molar refractivity (Wildman–Crippen MR) is 92.9 cm³/mol. The topological polar surface area (TPSA) is 46.5 Å². The molecule has 2 rings (SSSR count). The van der Waals surface area contributed by atoms with Crippen molar-refractivity contribution < 1.29 is 14.6 Å². The van der Waals surface area contributed by atoms with Gasteiger partial charge < -0.3 is 9.84 Å². The molecule has 2 heterocycles. The van der Waals surface area contributed by atoms with E-state index in [1.165, 1.54) is 5.57 Å². The number of hydrogen-bond acceptors (Lipinski definition) is 3. The Morgan fingerprint density at radius 2 is 2.09 bits per heavy atom. The first-order chi connectivity index (χ1) is 10.8. The molecule has 126 valence electrons. The molecule has 0 radical (unpaired) electrons. The highest BCUT2D eigenvalue weighted by molar-refractivity contribution is 5.89. The van der Waals surface area contributed by atoms with Crippen molar-refractivity contribution in [2.24, 2.45) is 0 Å². The van der Waals surface area contributed by atoms with E-state index in [0.29, 0.717) is 24.8 Å². The molecule has 0 aromatic carbocycles. The van der Waals surface area contributed by atoms with Crippen LogP contribution in [0.15, 0.2) is 47.1 Å². The van der Waals surface area contributed by atoms with Gasteiger partial charge in [0.1, 0.15) is 5.60 Å². The molecule has 0 unspecified atom stereocenters. The summed E-state index contributed by atoms with van der Waals surface area (Å²) in [5.41, 5.74) is 3.31. The summed E-state index contributed by atoms with van der Waals surface area (Å²) in [6.07, 6.45) is 9.75. The molecule has 2 aliphatic heterocycles. The third-order valence-corrected chi connectivity index (χ3v) is 4.92. The van der Waals surface area contributed by atoms with Gasteiger partial charge in [-0.3, -0.25) is 0 Å². The molecule has 2 atom stereocenters. The summed E-state index contributed by atoms with van der Waals surface area (Å²) in [6, 6.07) is 0. The number of rotatable bonds is 1. The first kappa shape index (κ1) is 17.7. The smallest absolute Gasteiger partial charge is 0.334 e. The Balaban J connectivity index is 2.34. The van der Waals surface area contributed by atoms with Crippen LogP contribution in [0.4, 0.5) is 0 Å². The van der Waals surface area contributed by atoms with Crippen molar-refractivity contribution in [2.45, 2.75) is 71.0 Å². The Morgan fingerprint density at radius 1 is 1.35 bits per heavy atom. The highest BCUT2D eigenvalue weighted by Gasteiger charge is 2.38. The maximum Gasteiger partial charge on any atom is 0.334 e.